The first kappa shape index (κ1) is 33.4. The van der Waals surface area contributed by atoms with Crippen molar-refractivity contribution in [1.29, 1.82) is 0 Å². The molecule has 2 aromatic heterocycles. The lowest BCUT2D eigenvalue weighted by Crippen LogP contribution is -2.29. The molecule has 1 aliphatic rings. The third-order valence-electron chi connectivity index (χ3n) is 9.32. The normalized spacial score (nSPS) is 19.5. The van der Waals surface area contributed by atoms with Gasteiger partial charge in [-0.1, -0.05) is 44.5 Å². The number of aryl methyl sites for hydroxylation is 2. The molecule has 0 spiro atoms. The summed E-state index contributed by atoms with van der Waals surface area (Å²) in [6.07, 6.45) is 5.29. The van der Waals surface area contributed by atoms with Gasteiger partial charge in [-0.05, 0) is 73.4 Å². The van der Waals surface area contributed by atoms with Gasteiger partial charge in [0, 0.05) is 40.6 Å². The van der Waals surface area contributed by atoms with Crippen molar-refractivity contribution in [2.75, 3.05) is 11.5 Å². The smallest absolute Gasteiger partial charge is 0.303 e. The summed E-state index contributed by atoms with van der Waals surface area (Å²) >= 11 is 0. The summed E-state index contributed by atoms with van der Waals surface area (Å²) in [5.74, 6) is -2.43. The first-order valence-corrected chi connectivity index (χ1v) is 17.8. The van der Waals surface area contributed by atoms with Crippen LogP contribution in [0.5, 0.6) is 11.5 Å². The molecule has 3 heterocycles. The average molecular weight is 677 g/mol. The van der Waals surface area contributed by atoms with Gasteiger partial charge in [0.15, 0.2) is 21.4 Å². The number of sulfone groups is 1. The number of benzene rings is 3. The molecule has 0 radical (unpaired) electrons. The van der Waals surface area contributed by atoms with Crippen molar-refractivity contribution in [3.05, 3.63) is 101 Å². The number of carboxylic acid groups (broad SMARTS) is 1. The molecule has 3 aromatic carbocycles. The number of aromatic nitrogens is 2. The fourth-order valence-corrected chi connectivity index (χ4v) is 8.74. The number of halogens is 2. The van der Waals surface area contributed by atoms with Crippen LogP contribution in [-0.4, -0.2) is 41.0 Å². The largest absolute Gasteiger partial charge is 0.481 e. The van der Waals surface area contributed by atoms with Gasteiger partial charge in [0.1, 0.15) is 17.8 Å². The van der Waals surface area contributed by atoms with E-state index in [1.54, 1.807) is 12.3 Å². The van der Waals surface area contributed by atoms with Gasteiger partial charge in [-0.3, -0.25) is 4.79 Å². The number of H-pyrrole nitrogens is 1. The number of carboxylic acids is 1. The third kappa shape index (κ3) is 7.01. The lowest BCUT2D eigenvalue weighted by molar-refractivity contribution is -0.136. The van der Waals surface area contributed by atoms with Crippen molar-refractivity contribution in [3.8, 4) is 23.0 Å². The second-order valence-corrected chi connectivity index (χ2v) is 15.9. The molecule has 48 heavy (non-hydrogen) atoms. The second-order valence-electron chi connectivity index (χ2n) is 13.7. The Bertz CT molecular complexity index is 2100. The van der Waals surface area contributed by atoms with Crippen molar-refractivity contribution < 1.29 is 36.3 Å². The van der Waals surface area contributed by atoms with Crippen molar-refractivity contribution >= 4 is 26.7 Å². The lowest BCUT2D eigenvalue weighted by Gasteiger charge is -2.31. The Balaban J connectivity index is 1.47. The first-order valence-electron chi connectivity index (χ1n) is 16.0. The maximum absolute atomic E-state index is 15.6. The fourth-order valence-electron chi connectivity index (χ4n) is 6.74. The SMILES string of the molecule is CC1(C)CCCC(C)(c2cccc(CCC(=O)O)c2)c2coc(n2)-c2cc(ccc2F)Oc2c(F)cc3[nH]ccc3c2CCS(=O)(=O)C1. The Kier molecular flexibility index (Phi) is 8.93. The van der Waals surface area contributed by atoms with Crippen LogP contribution in [0.25, 0.3) is 22.4 Å². The zero-order valence-corrected chi connectivity index (χ0v) is 27.9. The average Bonchev–Trinajstić information content (AvgIpc) is 3.70. The predicted octanol–water partition coefficient (Wildman–Crippen LogP) is 8.38. The van der Waals surface area contributed by atoms with Crippen molar-refractivity contribution in [1.82, 2.24) is 9.97 Å². The van der Waals surface area contributed by atoms with E-state index >= 15 is 8.78 Å². The van der Waals surface area contributed by atoms with Crippen LogP contribution in [0.4, 0.5) is 8.78 Å². The van der Waals surface area contributed by atoms with Crippen molar-refractivity contribution in [3.63, 3.8) is 0 Å². The van der Waals surface area contributed by atoms with Gasteiger partial charge < -0.3 is 19.2 Å². The van der Waals surface area contributed by atoms with E-state index < -0.39 is 38.3 Å². The molecule has 1 aliphatic heterocycles. The molecule has 0 saturated heterocycles. The molecule has 11 heteroatoms. The zero-order valence-electron chi connectivity index (χ0n) is 27.1. The molecule has 5 aromatic rings. The molecule has 1 unspecified atom stereocenters. The van der Waals surface area contributed by atoms with E-state index in [0.29, 0.717) is 47.8 Å². The van der Waals surface area contributed by atoms with Crippen LogP contribution >= 0.6 is 0 Å². The summed E-state index contributed by atoms with van der Waals surface area (Å²) in [6.45, 7) is 5.86. The van der Waals surface area contributed by atoms with Crippen molar-refractivity contribution in [2.45, 2.75) is 64.7 Å². The van der Waals surface area contributed by atoms with Crippen LogP contribution in [0.1, 0.15) is 68.8 Å². The summed E-state index contributed by atoms with van der Waals surface area (Å²) in [5, 5.41) is 9.87. The highest BCUT2D eigenvalue weighted by molar-refractivity contribution is 7.91. The van der Waals surface area contributed by atoms with E-state index in [2.05, 4.69) is 4.98 Å². The Labute approximate surface area is 278 Å². The summed E-state index contributed by atoms with van der Waals surface area (Å²) in [7, 11) is -3.58. The molecule has 0 saturated carbocycles. The van der Waals surface area contributed by atoms with Gasteiger partial charge in [-0.15, -0.1) is 0 Å². The molecule has 0 fully saturated rings. The summed E-state index contributed by atoms with van der Waals surface area (Å²) in [4.78, 5) is 19.0. The van der Waals surface area contributed by atoms with E-state index in [1.807, 2.05) is 45.0 Å². The van der Waals surface area contributed by atoms with Crippen LogP contribution in [0.15, 0.2) is 71.5 Å². The van der Waals surface area contributed by atoms with Crippen LogP contribution in [0, 0.1) is 17.0 Å². The van der Waals surface area contributed by atoms with Crippen LogP contribution in [0.2, 0.25) is 0 Å². The minimum absolute atomic E-state index is 0.0148. The molecule has 2 N–H and O–H groups in total. The molecule has 0 amide bonds. The number of ether oxygens (including phenoxy) is 1. The molecule has 4 bridgehead atoms. The van der Waals surface area contributed by atoms with Gasteiger partial charge in [0.25, 0.3) is 0 Å². The van der Waals surface area contributed by atoms with Crippen LogP contribution in [-0.2, 0) is 32.9 Å². The van der Waals surface area contributed by atoms with E-state index in [-0.39, 0.29) is 47.3 Å². The Morgan fingerprint density at radius 1 is 1.04 bits per heavy atom. The molecule has 1 atom stereocenters. The molecule has 252 valence electrons. The predicted molar refractivity (Wildman–Crippen MR) is 179 cm³/mol. The van der Waals surface area contributed by atoms with Gasteiger partial charge in [-0.25, -0.2) is 22.2 Å². The maximum Gasteiger partial charge on any atom is 0.303 e. The van der Waals surface area contributed by atoms with Gasteiger partial charge in [0.2, 0.25) is 5.89 Å². The van der Waals surface area contributed by atoms with Gasteiger partial charge >= 0.3 is 5.97 Å². The number of nitrogens with zero attached hydrogens (tertiary/aromatic N) is 1. The van der Waals surface area contributed by atoms with Crippen LogP contribution in [0.3, 0.4) is 0 Å². The third-order valence-corrected chi connectivity index (χ3v) is 11.4. The standard InChI is InChI=1S/C37H38F2N2O6S/c1-36(2)14-5-15-37(3,24-7-4-6-23(18-24)8-11-33(42)43)32-21-46-35(41-32)28-19-25(9-10-29(28)38)47-34-27(13-17-48(44,45)22-36)26-12-16-40-31(26)20-30(34)39/h4,6-7,9-10,12,16,18-21,40H,5,8,11,13-15,17,22H2,1-3H3,(H,42,43). The minimum atomic E-state index is -3.58. The Hall–Kier alpha value is -4.51. The number of rotatable bonds is 4. The molecular weight excluding hydrogens is 638 g/mol. The molecule has 8 nitrogen and oxygen atoms in total. The fraction of sp³-hybridized carbons (Fsp3) is 0.351. The highest BCUT2D eigenvalue weighted by Gasteiger charge is 2.35. The number of aliphatic carboxylic acids is 1. The molecule has 0 aliphatic carbocycles. The van der Waals surface area contributed by atoms with E-state index in [9.17, 15) is 18.3 Å². The number of carbonyl (C=O) groups is 1. The number of oxazole rings is 1. The summed E-state index contributed by atoms with van der Waals surface area (Å²) in [5.41, 5.74) is 1.89. The number of hydrogen-bond donors (Lipinski definition) is 2. The zero-order chi connectivity index (χ0) is 34.3. The summed E-state index contributed by atoms with van der Waals surface area (Å²) in [6, 6.07) is 14.7. The quantitative estimate of drug-likeness (QED) is 0.196. The number of hydrogen-bond acceptors (Lipinski definition) is 6. The van der Waals surface area contributed by atoms with Gasteiger partial charge in [-0.2, -0.15) is 0 Å². The molecule has 6 rings (SSSR count). The summed E-state index contributed by atoms with van der Waals surface area (Å²) < 4.78 is 70.0. The number of aromatic amines is 1. The van der Waals surface area contributed by atoms with E-state index in [4.69, 9.17) is 14.1 Å². The maximum atomic E-state index is 15.6. The number of nitrogens with one attached hydrogen (secondary N) is 1. The highest BCUT2D eigenvalue weighted by Crippen LogP contribution is 2.41. The second kappa shape index (κ2) is 12.8. The minimum Gasteiger partial charge on any atom is -0.481 e. The van der Waals surface area contributed by atoms with E-state index in [0.717, 1.165) is 11.1 Å². The highest BCUT2D eigenvalue weighted by atomic mass is 32.2. The first-order chi connectivity index (χ1) is 22.7. The Morgan fingerprint density at radius 3 is 2.65 bits per heavy atom. The number of fused-ring (bicyclic) bond motifs is 8. The Morgan fingerprint density at radius 2 is 1.85 bits per heavy atom. The lowest BCUT2D eigenvalue weighted by atomic mass is 9.74. The van der Waals surface area contributed by atoms with E-state index in [1.165, 1.54) is 30.5 Å². The van der Waals surface area contributed by atoms with Gasteiger partial charge in [0.05, 0.1) is 22.8 Å². The van der Waals surface area contributed by atoms with Crippen LogP contribution < -0.4 is 4.74 Å². The topological polar surface area (TPSA) is 122 Å². The van der Waals surface area contributed by atoms with Crippen molar-refractivity contribution in [2.24, 2.45) is 5.41 Å². The molecular formula is C37H38F2N2O6S. The monoisotopic (exact) mass is 676 g/mol.